The molecule has 1 amide bonds. The first-order chi connectivity index (χ1) is 13.6. The van der Waals surface area contributed by atoms with E-state index in [1.54, 1.807) is 0 Å². The summed E-state index contributed by atoms with van der Waals surface area (Å²) >= 11 is 0. The van der Waals surface area contributed by atoms with E-state index in [0.717, 1.165) is 43.9 Å². The fourth-order valence-corrected chi connectivity index (χ4v) is 3.61. The van der Waals surface area contributed by atoms with Gasteiger partial charge >= 0.3 is 0 Å². The number of nitrogens with one attached hydrogen (secondary N) is 1. The predicted molar refractivity (Wildman–Crippen MR) is 115 cm³/mol. The average molecular weight is 391 g/mol. The van der Waals surface area contributed by atoms with E-state index in [0.29, 0.717) is 13.0 Å². The molecule has 1 N–H and O–H groups in total. The Morgan fingerprint density at radius 3 is 2.43 bits per heavy atom. The third kappa shape index (κ3) is 7.44. The van der Waals surface area contributed by atoms with Gasteiger partial charge in [0, 0.05) is 18.8 Å². The van der Waals surface area contributed by atoms with E-state index in [1.165, 1.54) is 32.4 Å². The summed E-state index contributed by atoms with van der Waals surface area (Å²) in [5, 5.41) is 2.99. The number of nitrogens with zero attached hydrogens (tertiary/aromatic N) is 1. The molecule has 28 heavy (non-hydrogen) atoms. The van der Waals surface area contributed by atoms with E-state index >= 15 is 0 Å². The third-order valence-corrected chi connectivity index (χ3v) is 5.28. The van der Waals surface area contributed by atoms with Crippen LogP contribution in [0.2, 0.25) is 0 Å². The highest BCUT2D eigenvalue weighted by molar-refractivity contribution is 5.97. The molecule has 0 saturated carbocycles. The molecular formula is C23H38N2O3. The van der Waals surface area contributed by atoms with Crippen molar-refractivity contribution < 1.29 is 14.3 Å². The molecule has 1 saturated heterocycles. The molecule has 1 unspecified atom stereocenters. The van der Waals surface area contributed by atoms with Crippen LogP contribution in [0.25, 0.3) is 0 Å². The fourth-order valence-electron chi connectivity index (χ4n) is 3.61. The van der Waals surface area contributed by atoms with Gasteiger partial charge in [-0.25, -0.2) is 0 Å². The molecule has 2 rings (SSSR count). The predicted octanol–water partition coefficient (Wildman–Crippen LogP) is 4.87. The maximum atomic E-state index is 12.7. The molecule has 1 fully saturated rings. The van der Waals surface area contributed by atoms with Gasteiger partial charge in [0.15, 0.2) is 0 Å². The van der Waals surface area contributed by atoms with Crippen molar-refractivity contribution in [1.29, 1.82) is 0 Å². The van der Waals surface area contributed by atoms with Crippen molar-refractivity contribution in [3.05, 3.63) is 24.3 Å². The highest BCUT2D eigenvalue weighted by Crippen LogP contribution is 2.22. The second-order valence-corrected chi connectivity index (χ2v) is 7.91. The number of carbonyl (C=O) groups excluding carboxylic acids is 1. The maximum Gasteiger partial charge on any atom is 0.256 e. The van der Waals surface area contributed by atoms with Crippen molar-refractivity contribution in [2.24, 2.45) is 0 Å². The monoisotopic (exact) mass is 390 g/mol. The quantitative estimate of drug-likeness (QED) is 0.518. The number of anilines is 1. The smallest absolute Gasteiger partial charge is 0.256 e. The third-order valence-electron chi connectivity index (χ3n) is 5.28. The minimum Gasteiger partial charge on any atom is -0.494 e. The normalized spacial score (nSPS) is 17.1. The van der Waals surface area contributed by atoms with Gasteiger partial charge in [0.25, 0.3) is 5.91 Å². The number of amides is 1. The lowest BCUT2D eigenvalue weighted by molar-refractivity contribution is -0.140. The second kappa shape index (κ2) is 12.1. The van der Waals surface area contributed by atoms with Crippen LogP contribution in [0.3, 0.4) is 0 Å². The zero-order chi connectivity index (χ0) is 20.2. The minimum absolute atomic E-state index is 0.0852. The Hall–Kier alpha value is -1.59. The molecule has 0 radical (unpaired) electrons. The number of hydrogen-bond donors (Lipinski definition) is 1. The first-order valence-electron chi connectivity index (χ1n) is 11.0. The molecule has 0 spiro atoms. The highest BCUT2D eigenvalue weighted by atomic mass is 16.5. The number of piperidine rings is 1. The number of likely N-dealkylation sites (tertiary alicyclic amines) is 1. The van der Waals surface area contributed by atoms with Gasteiger partial charge in [0.2, 0.25) is 0 Å². The summed E-state index contributed by atoms with van der Waals surface area (Å²) in [5.74, 6) is 0.758. The highest BCUT2D eigenvalue weighted by Gasteiger charge is 2.33. The van der Waals surface area contributed by atoms with Crippen LogP contribution in [0.5, 0.6) is 5.75 Å². The van der Waals surface area contributed by atoms with Crippen LogP contribution in [0.4, 0.5) is 5.69 Å². The van der Waals surface area contributed by atoms with E-state index in [9.17, 15) is 4.79 Å². The van der Waals surface area contributed by atoms with Crippen LogP contribution in [0.15, 0.2) is 24.3 Å². The van der Waals surface area contributed by atoms with E-state index in [1.807, 2.05) is 31.2 Å². The average Bonchev–Trinajstić information content (AvgIpc) is 2.72. The Bertz CT molecular complexity index is 570. The number of hydrogen-bond acceptors (Lipinski definition) is 4. The number of rotatable bonds is 12. The van der Waals surface area contributed by atoms with Crippen LogP contribution >= 0.6 is 0 Å². The number of ether oxygens (including phenoxy) is 2. The lowest BCUT2D eigenvalue weighted by Gasteiger charge is -2.28. The molecule has 0 aliphatic carbocycles. The first-order valence-corrected chi connectivity index (χ1v) is 11.0. The molecule has 5 heteroatoms. The van der Waals surface area contributed by atoms with Crippen LogP contribution in [0.1, 0.15) is 65.7 Å². The molecule has 1 atom stereocenters. The Morgan fingerprint density at radius 2 is 1.79 bits per heavy atom. The van der Waals surface area contributed by atoms with Gasteiger partial charge in [-0.2, -0.15) is 0 Å². The molecule has 1 aromatic rings. The van der Waals surface area contributed by atoms with Crippen LogP contribution in [-0.2, 0) is 9.53 Å². The second-order valence-electron chi connectivity index (χ2n) is 7.91. The molecule has 1 aromatic carbocycles. The summed E-state index contributed by atoms with van der Waals surface area (Å²) in [6, 6.07) is 7.62. The van der Waals surface area contributed by atoms with Gasteiger partial charge in [-0.05, 0) is 76.4 Å². The maximum absolute atomic E-state index is 12.7. The van der Waals surface area contributed by atoms with Gasteiger partial charge in [-0.3, -0.25) is 4.79 Å². The van der Waals surface area contributed by atoms with E-state index in [2.05, 4.69) is 24.1 Å². The van der Waals surface area contributed by atoms with Gasteiger partial charge in [-0.15, -0.1) is 0 Å². The Kier molecular flexibility index (Phi) is 9.79. The van der Waals surface area contributed by atoms with Crippen molar-refractivity contribution in [1.82, 2.24) is 4.90 Å². The summed E-state index contributed by atoms with van der Waals surface area (Å²) in [4.78, 5) is 15.2. The van der Waals surface area contributed by atoms with Crippen LogP contribution in [-0.4, -0.2) is 49.3 Å². The number of carbonyl (C=O) groups is 1. The van der Waals surface area contributed by atoms with Crippen molar-refractivity contribution in [2.45, 2.75) is 71.3 Å². The Morgan fingerprint density at radius 1 is 1.07 bits per heavy atom. The van der Waals surface area contributed by atoms with E-state index in [-0.39, 0.29) is 5.91 Å². The van der Waals surface area contributed by atoms with Gasteiger partial charge in [0.1, 0.15) is 11.4 Å². The van der Waals surface area contributed by atoms with E-state index in [4.69, 9.17) is 9.47 Å². The van der Waals surface area contributed by atoms with Gasteiger partial charge in [0.05, 0.1) is 6.61 Å². The van der Waals surface area contributed by atoms with Gasteiger partial charge < -0.3 is 19.7 Å². The molecule has 5 nitrogen and oxygen atoms in total. The summed E-state index contributed by atoms with van der Waals surface area (Å²) in [5.41, 5.74) is -0.0120. The number of benzene rings is 1. The Balaban J connectivity index is 1.76. The lowest BCUT2D eigenvalue weighted by atomic mass is 9.99. The van der Waals surface area contributed by atoms with Crippen molar-refractivity contribution >= 4 is 11.6 Å². The summed E-state index contributed by atoms with van der Waals surface area (Å²) in [6.07, 6.45) is 7.58. The standard InChI is InChI=1S/C23H38N2O3/c1-4-14-23(3,28-18-5-2)22(26)24-20-10-12-21(13-11-20)27-19-9-17-25-15-7-6-8-16-25/h10-13H,4-9,14-19H2,1-3H3,(H,24,26). The van der Waals surface area contributed by atoms with E-state index < -0.39 is 5.60 Å². The molecule has 1 aliphatic rings. The zero-order valence-corrected chi connectivity index (χ0v) is 18.0. The summed E-state index contributed by atoms with van der Waals surface area (Å²) in [6.45, 7) is 10.9. The Labute approximate surface area is 170 Å². The molecule has 1 aliphatic heterocycles. The van der Waals surface area contributed by atoms with Crippen molar-refractivity contribution in [3.63, 3.8) is 0 Å². The zero-order valence-electron chi connectivity index (χ0n) is 18.0. The topological polar surface area (TPSA) is 50.8 Å². The minimum atomic E-state index is -0.783. The SMILES string of the molecule is CCCOC(C)(CCC)C(=O)Nc1ccc(OCCCN2CCCCC2)cc1. The molecule has 0 bridgehead atoms. The molecule has 158 valence electrons. The largest absolute Gasteiger partial charge is 0.494 e. The molecular weight excluding hydrogens is 352 g/mol. The summed E-state index contributed by atoms with van der Waals surface area (Å²) < 4.78 is 11.7. The first kappa shape index (κ1) is 22.7. The van der Waals surface area contributed by atoms with Gasteiger partial charge in [-0.1, -0.05) is 26.7 Å². The van der Waals surface area contributed by atoms with Crippen molar-refractivity contribution in [2.75, 3.05) is 38.2 Å². The fraction of sp³-hybridized carbons (Fsp3) is 0.696. The summed E-state index contributed by atoms with van der Waals surface area (Å²) in [7, 11) is 0. The molecule has 1 heterocycles. The van der Waals surface area contributed by atoms with Crippen LogP contribution in [0, 0.1) is 0 Å². The molecule has 0 aromatic heterocycles. The van der Waals surface area contributed by atoms with Crippen molar-refractivity contribution in [3.8, 4) is 5.75 Å². The lowest BCUT2D eigenvalue weighted by Crippen LogP contribution is -2.43. The van der Waals surface area contributed by atoms with Crippen LogP contribution < -0.4 is 10.1 Å².